The lowest BCUT2D eigenvalue weighted by Crippen LogP contribution is -2.14. The Kier molecular flexibility index (Phi) is 3.50. The fourth-order valence-corrected chi connectivity index (χ4v) is 1.70. The minimum atomic E-state index is -0.826. The number of carbonyl (C=O) groups is 1. The summed E-state index contributed by atoms with van der Waals surface area (Å²) in [5.41, 5.74) is 1.60. The first-order chi connectivity index (χ1) is 6.79. The summed E-state index contributed by atoms with van der Waals surface area (Å²) in [6, 6.07) is 3.59. The largest absolute Gasteiger partial charge is 0.481 e. The highest BCUT2D eigenvalue weighted by Crippen LogP contribution is 2.23. The van der Waals surface area contributed by atoms with Crippen LogP contribution in [0.15, 0.2) is 16.7 Å². The van der Waals surface area contributed by atoms with Crippen LogP contribution in [0.25, 0.3) is 0 Å². The molecule has 0 unspecified atom stereocenters. The van der Waals surface area contributed by atoms with Crippen molar-refractivity contribution in [2.24, 2.45) is 0 Å². The Morgan fingerprint density at radius 2 is 2.07 bits per heavy atom. The highest BCUT2D eigenvalue weighted by Gasteiger charge is 2.17. The van der Waals surface area contributed by atoms with E-state index in [1.807, 2.05) is 26.8 Å². The Morgan fingerprint density at radius 1 is 1.47 bits per heavy atom. The minimum absolute atomic E-state index is 0.0319. The number of carboxylic acids is 1. The summed E-state index contributed by atoms with van der Waals surface area (Å²) < 4.78 is 0.686. The molecule has 3 nitrogen and oxygen atoms in total. The van der Waals surface area contributed by atoms with E-state index in [1.165, 1.54) is 0 Å². The Balaban J connectivity index is 3.11. The lowest BCUT2D eigenvalue weighted by Gasteiger charge is -2.18. The van der Waals surface area contributed by atoms with Crippen molar-refractivity contribution < 1.29 is 9.90 Å². The first-order valence-corrected chi connectivity index (χ1v) is 5.47. The van der Waals surface area contributed by atoms with Gasteiger partial charge in [0.25, 0.3) is 0 Å². The van der Waals surface area contributed by atoms with Gasteiger partial charge in [-0.25, -0.2) is 4.98 Å². The smallest absolute Gasteiger partial charge is 0.307 e. The normalized spacial score (nSPS) is 11.5. The van der Waals surface area contributed by atoms with E-state index >= 15 is 0 Å². The third-order valence-corrected chi connectivity index (χ3v) is 2.38. The first-order valence-electron chi connectivity index (χ1n) is 4.68. The van der Waals surface area contributed by atoms with E-state index < -0.39 is 5.97 Å². The second-order valence-electron chi connectivity index (χ2n) is 4.50. The van der Waals surface area contributed by atoms with Crippen LogP contribution in [-0.4, -0.2) is 16.1 Å². The predicted molar refractivity (Wildman–Crippen MR) is 62.0 cm³/mol. The number of hydrogen-bond donors (Lipinski definition) is 1. The van der Waals surface area contributed by atoms with E-state index in [0.717, 1.165) is 11.3 Å². The second-order valence-corrected chi connectivity index (χ2v) is 5.32. The highest BCUT2D eigenvalue weighted by molar-refractivity contribution is 9.10. The van der Waals surface area contributed by atoms with E-state index in [-0.39, 0.29) is 11.8 Å². The quantitative estimate of drug-likeness (QED) is 0.842. The molecule has 0 atom stereocenters. The summed E-state index contributed by atoms with van der Waals surface area (Å²) in [6.07, 6.45) is 0.0319. The van der Waals surface area contributed by atoms with Crippen LogP contribution in [0, 0.1) is 0 Å². The van der Waals surface area contributed by atoms with E-state index in [9.17, 15) is 4.79 Å². The van der Waals surface area contributed by atoms with Crippen LogP contribution in [0.2, 0.25) is 0 Å². The standard InChI is InChI=1S/C11H14BrNO2/c1-11(2,3)8-4-7(6-10(14)15)5-9(12)13-8/h4-5H,6H2,1-3H3,(H,14,15). The summed E-state index contributed by atoms with van der Waals surface area (Å²) in [4.78, 5) is 14.9. The third kappa shape index (κ3) is 3.63. The average Bonchev–Trinajstić information content (AvgIpc) is 1.99. The molecule has 1 heterocycles. The van der Waals surface area contributed by atoms with Gasteiger partial charge in [-0.05, 0) is 33.6 Å². The molecule has 0 saturated carbocycles. The van der Waals surface area contributed by atoms with Gasteiger partial charge in [0.15, 0.2) is 0 Å². The molecule has 15 heavy (non-hydrogen) atoms. The predicted octanol–water partition coefficient (Wildman–Crippen LogP) is 2.77. The van der Waals surface area contributed by atoms with Crippen molar-refractivity contribution in [1.82, 2.24) is 4.98 Å². The van der Waals surface area contributed by atoms with Crippen LogP contribution in [0.4, 0.5) is 0 Å². The number of carboxylic acid groups (broad SMARTS) is 1. The second kappa shape index (κ2) is 4.31. The molecule has 1 aromatic rings. The summed E-state index contributed by atoms with van der Waals surface area (Å²) in [5, 5.41) is 8.72. The zero-order valence-electron chi connectivity index (χ0n) is 9.04. The molecule has 0 fully saturated rings. The maximum Gasteiger partial charge on any atom is 0.307 e. The minimum Gasteiger partial charge on any atom is -0.481 e. The van der Waals surface area contributed by atoms with Gasteiger partial charge in [-0.1, -0.05) is 20.8 Å². The molecular formula is C11H14BrNO2. The third-order valence-electron chi connectivity index (χ3n) is 1.98. The van der Waals surface area contributed by atoms with Gasteiger partial charge in [0.05, 0.1) is 6.42 Å². The molecule has 0 bridgehead atoms. The molecule has 0 aromatic carbocycles. The number of aromatic nitrogens is 1. The van der Waals surface area contributed by atoms with Gasteiger partial charge in [-0.2, -0.15) is 0 Å². The molecule has 1 N–H and O–H groups in total. The lowest BCUT2D eigenvalue weighted by atomic mass is 9.90. The fourth-order valence-electron chi connectivity index (χ4n) is 1.21. The van der Waals surface area contributed by atoms with Crippen molar-refractivity contribution in [1.29, 1.82) is 0 Å². The van der Waals surface area contributed by atoms with Crippen molar-refractivity contribution in [2.75, 3.05) is 0 Å². The number of hydrogen-bond acceptors (Lipinski definition) is 2. The number of rotatable bonds is 2. The zero-order chi connectivity index (χ0) is 11.6. The van der Waals surface area contributed by atoms with Crippen LogP contribution >= 0.6 is 15.9 Å². The molecular weight excluding hydrogens is 258 g/mol. The van der Waals surface area contributed by atoms with Crippen LogP contribution in [0.3, 0.4) is 0 Å². The monoisotopic (exact) mass is 271 g/mol. The molecule has 0 aliphatic carbocycles. The molecule has 0 aliphatic rings. The van der Waals surface area contributed by atoms with Gasteiger partial charge >= 0.3 is 5.97 Å². The zero-order valence-corrected chi connectivity index (χ0v) is 10.6. The van der Waals surface area contributed by atoms with Crippen LogP contribution in [0.1, 0.15) is 32.0 Å². The van der Waals surface area contributed by atoms with Crippen molar-refractivity contribution in [3.05, 3.63) is 28.0 Å². The van der Waals surface area contributed by atoms with Gasteiger partial charge in [-0.15, -0.1) is 0 Å². The number of halogens is 1. The van der Waals surface area contributed by atoms with Crippen LogP contribution in [-0.2, 0) is 16.6 Å². The van der Waals surface area contributed by atoms with E-state index in [4.69, 9.17) is 5.11 Å². The Bertz CT molecular complexity index is 383. The molecule has 0 saturated heterocycles. The summed E-state index contributed by atoms with van der Waals surface area (Å²) in [5.74, 6) is -0.826. The van der Waals surface area contributed by atoms with Gasteiger partial charge in [0.2, 0.25) is 0 Å². The maximum absolute atomic E-state index is 10.6. The molecule has 0 radical (unpaired) electrons. The van der Waals surface area contributed by atoms with E-state index in [1.54, 1.807) is 6.07 Å². The molecule has 0 spiro atoms. The average molecular weight is 272 g/mol. The van der Waals surface area contributed by atoms with Gasteiger partial charge in [-0.3, -0.25) is 4.79 Å². The number of pyridine rings is 1. The summed E-state index contributed by atoms with van der Waals surface area (Å²) in [6.45, 7) is 6.14. The number of nitrogens with zero attached hydrogens (tertiary/aromatic N) is 1. The molecule has 1 aromatic heterocycles. The van der Waals surface area contributed by atoms with Crippen molar-refractivity contribution in [2.45, 2.75) is 32.6 Å². The van der Waals surface area contributed by atoms with E-state index in [0.29, 0.717) is 4.60 Å². The maximum atomic E-state index is 10.6. The SMILES string of the molecule is CC(C)(C)c1cc(CC(=O)O)cc(Br)n1. The van der Waals surface area contributed by atoms with E-state index in [2.05, 4.69) is 20.9 Å². The topological polar surface area (TPSA) is 50.2 Å². The summed E-state index contributed by atoms with van der Waals surface area (Å²) >= 11 is 3.29. The molecule has 82 valence electrons. The number of aliphatic carboxylic acids is 1. The van der Waals surface area contributed by atoms with Crippen molar-refractivity contribution in [3.8, 4) is 0 Å². The molecule has 0 aliphatic heterocycles. The van der Waals surface area contributed by atoms with Crippen molar-refractivity contribution in [3.63, 3.8) is 0 Å². The van der Waals surface area contributed by atoms with Crippen molar-refractivity contribution >= 4 is 21.9 Å². The fraction of sp³-hybridized carbons (Fsp3) is 0.455. The Labute approximate surface area is 97.7 Å². The van der Waals surface area contributed by atoms with Crippen LogP contribution < -0.4 is 0 Å². The summed E-state index contributed by atoms with van der Waals surface area (Å²) in [7, 11) is 0. The van der Waals surface area contributed by atoms with Crippen LogP contribution in [0.5, 0.6) is 0 Å². The molecule has 1 rings (SSSR count). The van der Waals surface area contributed by atoms with Gasteiger partial charge in [0.1, 0.15) is 4.60 Å². The lowest BCUT2D eigenvalue weighted by molar-refractivity contribution is -0.136. The first kappa shape index (κ1) is 12.2. The Morgan fingerprint density at radius 3 is 2.53 bits per heavy atom. The Hall–Kier alpha value is -0.900. The molecule has 4 heteroatoms. The van der Waals surface area contributed by atoms with Gasteiger partial charge < -0.3 is 5.11 Å². The highest BCUT2D eigenvalue weighted by atomic mass is 79.9. The molecule has 0 amide bonds. The van der Waals surface area contributed by atoms with Gasteiger partial charge in [0, 0.05) is 11.1 Å².